The van der Waals surface area contributed by atoms with Crippen molar-refractivity contribution in [2.75, 3.05) is 46.4 Å². The van der Waals surface area contributed by atoms with Gasteiger partial charge < -0.3 is 9.84 Å². The Kier molecular flexibility index (Phi) is 5.91. The summed E-state index contributed by atoms with van der Waals surface area (Å²) in [7, 11) is 2.03. The predicted octanol–water partition coefficient (Wildman–Crippen LogP) is 0.767. The molecule has 2 rings (SSSR count). The molecule has 112 valence electrons. The van der Waals surface area contributed by atoms with Crippen molar-refractivity contribution in [1.29, 1.82) is 0 Å². The quantitative estimate of drug-likeness (QED) is 0.833. The molecule has 0 aliphatic carbocycles. The van der Waals surface area contributed by atoms with Crippen LogP contribution in [0.25, 0.3) is 0 Å². The molecule has 0 saturated carbocycles. The van der Waals surface area contributed by atoms with Crippen LogP contribution in [0.5, 0.6) is 0 Å². The molecule has 20 heavy (non-hydrogen) atoms. The molecule has 0 aromatic carbocycles. The number of nitrogens with zero attached hydrogens (tertiary/aromatic N) is 3. The number of pyridine rings is 1. The van der Waals surface area contributed by atoms with Gasteiger partial charge in [-0.25, -0.2) is 0 Å². The van der Waals surface area contributed by atoms with E-state index in [-0.39, 0.29) is 12.1 Å². The van der Waals surface area contributed by atoms with E-state index >= 15 is 0 Å². The standard InChI is InChI=1S/C15H25N3O2/c1-13(15-5-3-4-6-16-15)17(2)11-14(19)12-18-7-9-20-10-8-18/h3-6,13-14,19H,7-12H2,1-2H3. The van der Waals surface area contributed by atoms with Gasteiger partial charge in [-0.1, -0.05) is 6.07 Å². The zero-order valence-corrected chi connectivity index (χ0v) is 12.4. The van der Waals surface area contributed by atoms with Crippen LogP contribution in [0, 0.1) is 0 Å². The Morgan fingerprint density at radius 1 is 1.40 bits per heavy atom. The zero-order chi connectivity index (χ0) is 14.4. The molecule has 1 fully saturated rings. The van der Waals surface area contributed by atoms with Gasteiger partial charge in [0, 0.05) is 38.4 Å². The summed E-state index contributed by atoms with van der Waals surface area (Å²) in [6, 6.07) is 6.14. The summed E-state index contributed by atoms with van der Waals surface area (Å²) in [6.45, 7) is 6.84. The first-order chi connectivity index (χ1) is 9.66. The van der Waals surface area contributed by atoms with Crippen LogP contribution in [0.4, 0.5) is 0 Å². The van der Waals surface area contributed by atoms with Crippen molar-refractivity contribution >= 4 is 0 Å². The maximum absolute atomic E-state index is 10.2. The largest absolute Gasteiger partial charge is 0.390 e. The number of aromatic nitrogens is 1. The molecule has 5 heteroatoms. The molecule has 2 atom stereocenters. The van der Waals surface area contributed by atoms with E-state index < -0.39 is 0 Å². The molecule has 5 nitrogen and oxygen atoms in total. The first kappa shape index (κ1) is 15.4. The van der Waals surface area contributed by atoms with E-state index in [4.69, 9.17) is 4.74 Å². The van der Waals surface area contributed by atoms with E-state index in [1.807, 2.05) is 31.4 Å². The third-order valence-corrected chi connectivity index (χ3v) is 3.85. The van der Waals surface area contributed by atoms with Crippen LogP contribution in [-0.4, -0.2) is 72.4 Å². The summed E-state index contributed by atoms with van der Waals surface area (Å²) in [5.74, 6) is 0. The highest BCUT2D eigenvalue weighted by Crippen LogP contribution is 2.16. The number of ether oxygens (including phenoxy) is 1. The minimum Gasteiger partial charge on any atom is -0.390 e. The number of hydrogen-bond donors (Lipinski definition) is 1. The minimum atomic E-state index is -0.343. The Bertz CT molecular complexity index is 382. The molecule has 1 aliphatic rings. The van der Waals surface area contributed by atoms with Gasteiger partial charge in [-0.2, -0.15) is 0 Å². The lowest BCUT2D eigenvalue weighted by atomic mass is 10.1. The highest BCUT2D eigenvalue weighted by atomic mass is 16.5. The fourth-order valence-electron chi connectivity index (χ4n) is 2.48. The summed E-state index contributed by atoms with van der Waals surface area (Å²) in [5.41, 5.74) is 1.04. The third-order valence-electron chi connectivity index (χ3n) is 3.85. The average Bonchev–Trinajstić information content (AvgIpc) is 2.48. The number of likely N-dealkylation sites (N-methyl/N-ethyl adjacent to an activating group) is 1. The molecule has 2 unspecified atom stereocenters. The van der Waals surface area contributed by atoms with Crippen molar-refractivity contribution in [1.82, 2.24) is 14.8 Å². The lowest BCUT2D eigenvalue weighted by molar-refractivity contribution is 0.00614. The van der Waals surface area contributed by atoms with Crippen LogP contribution in [0.1, 0.15) is 18.7 Å². The second-order valence-electron chi connectivity index (χ2n) is 5.44. The van der Waals surface area contributed by atoms with Crippen LogP contribution >= 0.6 is 0 Å². The van der Waals surface area contributed by atoms with Crippen molar-refractivity contribution < 1.29 is 9.84 Å². The summed E-state index contributed by atoms with van der Waals surface area (Å²) >= 11 is 0. The SMILES string of the molecule is CC(c1ccccn1)N(C)CC(O)CN1CCOCC1. The number of rotatable bonds is 6. The number of β-amino-alcohol motifs (C(OH)–C–C–N with tert-alkyl or cyclic N) is 1. The fraction of sp³-hybridized carbons (Fsp3) is 0.667. The number of aliphatic hydroxyl groups excluding tert-OH is 1. The van der Waals surface area contributed by atoms with Crippen LogP contribution < -0.4 is 0 Å². The summed E-state index contributed by atoms with van der Waals surface area (Å²) in [6.07, 6.45) is 1.47. The Balaban J connectivity index is 1.79. The highest BCUT2D eigenvalue weighted by Gasteiger charge is 2.19. The van der Waals surface area contributed by atoms with Gasteiger partial charge in [0.05, 0.1) is 25.0 Å². The maximum atomic E-state index is 10.2. The lowest BCUT2D eigenvalue weighted by Crippen LogP contribution is -2.44. The van der Waals surface area contributed by atoms with Crippen LogP contribution in [0.15, 0.2) is 24.4 Å². The maximum Gasteiger partial charge on any atom is 0.0793 e. The Morgan fingerprint density at radius 3 is 2.80 bits per heavy atom. The fourth-order valence-corrected chi connectivity index (χ4v) is 2.48. The van der Waals surface area contributed by atoms with E-state index in [1.54, 1.807) is 0 Å². The summed E-state index contributed by atoms with van der Waals surface area (Å²) < 4.78 is 5.32. The predicted molar refractivity (Wildman–Crippen MR) is 78.5 cm³/mol. The molecule has 1 aliphatic heterocycles. The second-order valence-corrected chi connectivity index (χ2v) is 5.44. The molecular weight excluding hydrogens is 254 g/mol. The molecule has 1 saturated heterocycles. The number of hydrogen-bond acceptors (Lipinski definition) is 5. The molecule has 0 bridgehead atoms. The lowest BCUT2D eigenvalue weighted by Gasteiger charge is -2.31. The van der Waals surface area contributed by atoms with Gasteiger partial charge in [0.25, 0.3) is 0 Å². The molecule has 1 aromatic heterocycles. The van der Waals surface area contributed by atoms with Gasteiger partial charge in [-0.05, 0) is 26.1 Å². The second kappa shape index (κ2) is 7.69. The van der Waals surface area contributed by atoms with Crippen molar-refractivity contribution in [3.8, 4) is 0 Å². The number of aliphatic hydroxyl groups is 1. The topological polar surface area (TPSA) is 48.8 Å². The Morgan fingerprint density at radius 2 is 2.15 bits per heavy atom. The molecule has 1 aromatic rings. The van der Waals surface area contributed by atoms with Gasteiger partial charge in [-0.15, -0.1) is 0 Å². The summed E-state index contributed by atoms with van der Waals surface area (Å²) in [5, 5.41) is 10.2. The molecule has 0 amide bonds. The van der Waals surface area contributed by atoms with Gasteiger partial charge in [0.2, 0.25) is 0 Å². The Hall–Kier alpha value is -1.01. The van der Waals surface area contributed by atoms with Gasteiger partial charge in [0.15, 0.2) is 0 Å². The van der Waals surface area contributed by atoms with Crippen LogP contribution in [0.2, 0.25) is 0 Å². The van der Waals surface area contributed by atoms with Crippen molar-refractivity contribution in [2.45, 2.75) is 19.1 Å². The average molecular weight is 279 g/mol. The van der Waals surface area contributed by atoms with Crippen molar-refractivity contribution in [3.05, 3.63) is 30.1 Å². The van der Waals surface area contributed by atoms with Gasteiger partial charge >= 0.3 is 0 Å². The van der Waals surface area contributed by atoms with Crippen LogP contribution in [0.3, 0.4) is 0 Å². The first-order valence-electron chi connectivity index (χ1n) is 7.26. The summed E-state index contributed by atoms with van der Waals surface area (Å²) in [4.78, 5) is 8.78. The first-order valence-corrected chi connectivity index (χ1v) is 7.26. The Labute approximate surface area is 121 Å². The van der Waals surface area contributed by atoms with Crippen LogP contribution in [-0.2, 0) is 4.74 Å². The highest BCUT2D eigenvalue weighted by molar-refractivity contribution is 5.07. The van der Waals surface area contributed by atoms with E-state index in [9.17, 15) is 5.11 Å². The van der Waals surface area contributed by atoms with Gasteiger partial charge in [-0.3, -0.25) is 14.8 Å². The monoisotopic (exact) mass is 279 g/mol. The van der Waals surface area contributed by atoms with Gasteiger partial charge in [0.1, 0.15) is 0 Å². The molecular formula is C15H25N3O2. The molecule has 0 radical (unpaired) electrons. The minimum absolute atomic E-state index is 0.204. The normalized spacial score (nSPS) is 20.0. The molecule has 1 N–H and O–H groups in total. The van der Waals surface area contributed by atoms with E-state index in [2.05, 4.69) is 21.7 Å². The van der Waals surface area contributed by atoms with Crippen molar-refractivity contribution in [3.63, 3.8) is 0 Å². The molecule has 0 spiro atoms. The smallest absolute Gasteiger partial charge is 0.0793 e. The molecule has 2 heterocycles. The third kappa shape index (κ3) is 4.52. The van der Waals surface area contributed by atoms with E-state index in [1.165, 1.54) is 0 Å². The van der Waals surface area contributed by atoms with E-state index in [0.29, 0.717) is 13.1 Å². The van der Waals surface area contributed by atoms with E-state index in [0.717, 1.165) is 32.0 Å². The number of morpholine rings is 1. The zero-order valence-electron chi connectivity index (χ0n) is 12.4. The van der Waals surface area contributed by atoms with Crippen molar-refractivity contribution in [2.24, 2.45) is 0 Å².